The van der Waals surface area contributed by atoms with E-state index in [1.165, 1.54) is 0 Å². The van der Waals surface area contributed by atoms with Crippen molar-refractivity contribution < 1.29 is 13.9 Å². The zero-order valence-electron chi connectivity index (χ0n) is 18.2. The highest BCUT2D eigenvalue weighted by atomic mass is 16.5. The lowest BCUT2D eigenvalue weighted by Gasteiger charge is -2.25. The summed E-state index contributed by atoms with van der Waals surface area (Å²) in [5, 5.41) is 0.530. The van der Waals surface area contributed by atoms with Gasteiger partial charge in [-0.25, -0.2) is 0 Å². The molecule has 160 valence electrons. The summed E-state index contributed by atoms with van der Waals surface area (Å²) in [7, 11) is 1.61. The Hall–Kier alpha value is -3.86. The number of hydrogen-bond acceptors (Lipinski definition) is 4. The Morgan fingerprint density at radius 1 is 0.969 bits per heavy atom. The van der Waals surface area contributed by atoms with Crippen LogP contribution in [0.5, 0.6) is 5.75 Å². The molecule has 5 nitrogen and oxygen atoms in total. The number of aryl methyl sites for hydroxylation is 2. The predicted molar refractivity (Wildman–Crippen MR) is 123 cm³/mol. The Morgan fingerprint density at radius 2 is 1.69 bits per heavy atom. The summed E-state index contributed by atoms with van der Waals surface area (Å²) in [5.41, 5.74) is 4.35. The minimum atomic E-state index is -0.537. The van der Waals surface area contributed by atoms with Gasteiger partial charge in [0, 0.05) is 6.54 Å². The molecule has 0 spiro atoms. The number of hydrogen-bond donors (Lipinski definition) is 0. The minimum Gasteiger partial charge on any atom is -0.497 e. The van der Waals surface area contributed by atoms with Gasteiger partial charge in [0.05, 0.1) is 24.1 Å². The summed E-state index contributed by atoms with van der Waals surface area (Å²) in [4.78, 5) is 29.0. The molecule has 0 saturated heterocycles. The summed E-state index contributed by atoms with van der Waals surface area (Å²) in [6.07, 6.45) is 0. The smallest absolute Gasteiger partial charge is 0.291 e. The normalized spacial score (nSPS) is 15.3. The van der Waals surface area contributed by atoms with Crippen molar-refractivity contribution in [3.8, 4) is 5.75 Å². The van der Waals surface area contributed by atoms with Crippen molar-refractivity contribution in [1.29, 1.82) is 0 Å². The van der Waals surface area contributed by atoms with Crippen LogP contribution in [0.25, 0.3) is 11.0 Å². The van der Waals surface area contributed by atoms with E-state index < -0.39 is 6.04 Å². The van der Waals surface area contributed by atoms with Gasteiger partial charge in [-0.1, -0.05) is 48.5 Å². The molecule has 0 aliphatic carbocycles. The Morgan fingerprint density at radius 3 is 2.38 bits per heavy atom. The average Bonchev–Trinajstić information content (AvgIpc) is 3.06. The molecule has 1 aliphatic rings. The molecule has 0 bridgehead atoms. The molecule has 1 unspecified atom stereocenters. The number of amides is 1. The van der Waals surface area contributed by atoms with E-state index in [9.17, 15) is 9.59 Å². The van der Waals surface area contributed by atoms with Crippen molar-refractivity contribution >= 4 is 16.9 Å². The van der Waals surface area contributed by atoms with Crippen LogP contribution in [0.2, 0.25) is 0 Å². The molecule has 1 aliphatic heterocycles. The summed E-state index contributed by atoms with van der Waals surface area (Å²) in [6.45, 7) is 4.22. The zero-order valence-corrected chi connectivity index (χ0v) is 18.2. The monoisotopic (exact) mass is 425 g/mol. The van der Waals surface area contributed by atoms with Gasteiger partial charge in [-0.15, -0.1) is 0 Å². The highest BCUT2D eigenvalue weighted by molar-refractivity contribution is 5.99. The Bertz CT molecular complexity index is 1390. The van der Waals surface area contributed by atoms with Gasteiger partial charge in [0.25, 0.3) is 5.91 Å². The molecule has 4 aromatic rings. The van der Waals surface area contributed by atoms with Crippen LogP contribution in [0, 0.1) is 13.8 Å². The number of ether oxygens (including phenoxy) is 1. The maximum absolute atomic E-state index is 13.7. The second kappa shape index (κ2) is 7.68. The molecule has 2 heterocycles. The van der Waals surface area contributed by atoms with Gasteiger partial charge in [0.2, 0.25) is 5.76 Å². The lowest BCUT2D eigenvalue weighted by atomic mass is 9.96. The third-order valence-corrected chi connectivity index (χ3v) is 6.04. The molecule has 0 radical (unpaired) electrons. The van der Waals surface area contributed by atoms with E-state index in [4.69, 9.17) is 9.15 Å². The standard InChI is InChI=1S/C27H23NO4/c1-16-13-17(2)22-21(14-16)32-26-23(25(22)29)24(19-9-11-20(31-3)12-10-19)28(27(26)30)15-18-7-5-4-6-8-18/h4-14,24H,15H2,1-3H3. The van der Waals surface area contributed by atoms with Gasteiger partial charge in [-0.05, 0) is 54.3 Å². The molecule has 5 rings (SSSR count). The molecule has 0 saturated carbocycles. The van der Waals surface area contributed by atoms with E-state index in [1.54, 1.807) is 12.0 Å². The number of carbonyl (C=O) groups is 1. The van der Waals surface area contributed by atoms with Crippen LogP contribution < -0.4 is 10.2 Å². The molecule has 1 atom stereocenters. The van der Waals surface area contributed by atoms with Gasteiger partial charge in [0.15, 0.2) is 5.43 Å². The van der Waals surface area contributed by atoms with Crippen molar-refractivity contribution in [3.05, 3.63) is 111 Å². The summed E-state index contributed by atoms with van der Waals surface area (Å²) >= 11 is 0. The second-order valence-corrected chi connectivity index (χ2v) is 8.22. The maximum atomic E-state index is 13.7. The first-order valence-electron chi connectivity index (χ1n) is 10.5. The number of benzene rings is 3. The fourth-order valence-electron chi connectivity index (χ4n) is 4.59. The van der Waals surface area contributed by atoms with E-state index in [0.717, 1.165) is 22.3 Å². The number of carbonyl (C=O) groups excluding carboxylic acids is 1. The van der Waals surface area contributed by atoms with E-state index in [0.29, 0.717) is 28.8 Å². The fraction of sp³-hybridized carbons (Fsp3) is 0.185. The number of nitrogens with zero attached hydrogens (tertiary/aromatic N) is 1. The third-order valence-electron chi connectivity index (χ3n) is 6.04. The SMILES string of the molecule is COc1ccc(C2c3c(oc4cc(C)cc(C)c4c3=O)C(=O)N2Cc2ccccc2)cc1. The van der Waals surface area contributed by atoms with Crippen LogP contribution in [0.3, 0.4) is 0 Å². The van der Waals surface area contributed by atoms with Crippen LogP contribution in [0.4, 0.5) is 0 Å². The van der Waals surface area contributed by atoms with Crippen LogP contribution >= 0.6 is 0 Å². The molecule has 0 fully saturated rings. The lowest BCUT2D eigenvalue weighted by molar-refractivity contribution is 0.0714. The minimum absolute atomic E-state index is 0.129. The highest BCUT2D eigenvalue weighted by Gasteiger charge is 2.42. The average molecular weight is 425 g/mol. The van der Waals surface area contributed by atoms with E-state index in [1.807, 2.05) is 80.6 Å². The first-order valence-corrected chi connectivity index (χ1v) is 10.5. The molecule has 1 amide bonds. The lowest BCUT2D eigenvalue weighted by Crippen LogP contribution is -2.29. The van der Waals surface area contributed by atoms with Crippen molar-refractivity contribution in [2.24, 2.45) is 0 Å². The number of methoxy groups -OCH3 is 1. The van der Waals surface area contributed by atoms with Crippen molar-refractivity contribution in [2.45, 2.75) is 26.4 Å². The van der Waals surface area contributed by atoms with E-state index in [-0.39, 0.29) is 17.1 Å². The fourth-order valence-corrected chi connectivity index (χ4v) is 4.59. The second-order valence-electron chi connectivity index (χ2n) is 8.22. The molecule has 3 aromatic carbocycles. The highest BCUT2D eigenvalue weighted by Crippen LogP contribution is 2.40. The molecular weight excluding hydrogens is 402 g/mol. The molecule has 5 heteroatoms. The third kappa shape index (κ3) is 3.17. The first kappa shape index (κ1) is 20.1. The van der Waals surface area contributed by atoms with Crippen LogP contribution in [0.15, 0.2) is 75.9 Å². The molecule has 0 N–H and O–H groups in total. The topological polar surface area (TPSA) is 59.8 Å². The molecule has 1 aromatic heterocycles. The quantitative estimate of drug-likeness (QED) is 0.453. The van der Waals surface area contributed by atoms with Crippen LogP contribution in [0.1, 0.15) is 44.4 Å². The van der Waals surface area contributed by atoms with Crippen molar-refractivity contribution in [1.82, 2.24) is 4.90 Å². The summed E-state index contributed by atoms with van der Waals surface area (Å²) < 4.78 is 11.4. The number of fused-ring (bicyclic) bond motifs is 2. The molecular formula is C27H23NO4. The molecule has 32 heavy (non-hydrogen) atoms. The van der Waals surface area contributed by atoms with Gasteiger partial charge in [-0.3, -0.25) is 9.59 Å². The maximum Gasteiger partial charge on any atom is 0.291 e. The van der Waals surface area contributed by atoms with E-state index >= 15 is 0 Å². The Balaban J connectivity index is 1.74. The largest absolute Gasteiger partial charge is 0.497 e. The van der Waals surface area contributed by atoms with Crippen molar-refractivity contribution in [3.63, 3.8) is 0 Å². The van der Waals surface area contributed by atoms with E-state index in [2.05, 4.69) is 0 Å². The van der Waals surface area contributed by atoms with Gasteiger partial charge in [-0.2, -0.15) is 0 Å². The Kier molecular flexibility index (Phi) is 4.82. The number of rotatable bonds is 4. The van der Waals surface area contributed by atoms with Gasteiger partial charge < -0.3 is 14.1 Å². The first-order chi connectivity index (χ1) is 15.5. The van der Waals surface area contributed by atoms with Crippen LogP contribution in [-0.2, 0) is 6.54 Å². The Labute approximate surface area is 185 Å². The van der Waals surface area contributed by atoms with Crippen LogP contribution in [-0.4, -0.2) is 17.9 Å². The van der Waals surface area contributed by atoms with Gasteiger partial charge >= 0.3 is 0 Å². The predicted octanol–water partition coefficient (Wildman–Crippen LogP) is 5.16. The summed E-state index contributed by atoms with van der Waals surface area (Å²) in [6, 6.07) is 20.5. The zero-order chi connectivity index (χ0) is 22.4. The summed E-state index contributed by atoms with van der Waals surface area (Å²) in [5.74, 6) is 0.567. The van der Waals surface area contributed by atoms with Gasteiger partial charge in [0.1, 0.15) is 11.3 Å². The van der Waals surface area contributed by atoms with Crippen molar-refractivity contribution in [2.75, 3.05) is 7.11 Å².